The largest absolute Gasteiger partial charge is 0.358 e. The van der Waals surface area contributed by atoms with E-state index in [1.165, 1.54) is 0 Å². The van der Waals surface area contributed by atoms with Crippen molar-refractivity contribution >= 4 is 23.3 Å². The van der Waals surface area contributed by atoms with E-state index in [0.717, 1.165) is 60.6 Å². The van der Waals surface area contributed by atoms with Crippen molar-refractivity contribution in [3.8, 4) is 11.1 Å². The number of carbonyl (C=O) groups excluding carboxylic acids is 2. The molecular formula is C32H42N6O3. The monoisotopic (exact) mass is 558 g/mol. The second kappa shape index (κ2) is 12.3. The maximum atomic E-state index is 13.5. The van der Waals surface area contributed by atoms with Crippen molar-refractivity contribution in [1.82, 2.24) is 20.2 Å². The fourth-order valence-electron chi connectivity index (χ4n) is 5.01. The van der Waals surface area contributed by atoms with Crippen molar-refractivity contribution in [3.63, 3.8) is 0 Å². The molecule has 1 aromatic carbocycles. The molecule has 1 saturated carbocycles. The number of carbonyl (C=O) groups is 2. The topological polar surface area (TPSA) is 110 Å². The van der Waals surface area contributed by atoms with E-state index < -0.39 is 0 Å². The predicted octanol–water partition coefficient (Wildman–Crippen LogP) is 4.42. The standard InChI is InChI=1S/C32H42N6O3/c1-8-32(11-12-32)31(41)36-27-17-24(23-9-10-28(33-18-23)38(7)14-13-37(5)6)16-25(22(27)4)29(39)34-19-26-20(2)15-21(3)35-30(26)40/h9-10,15-18H,8,11-14,19H2,1-7H3,(H,34,39)(H,35,40)(H,36,41). The second-order valence-electron chi connectivity index (χ2n) is 11.5. The molecule has 0 radical (unpaired) electrons. The fourth-order valence-corrected chi connectivity index (χ4v) is 5.01. The zero-order valence-electron chi connectivity index (χ0n) is 25.3. The number of nitrogens with one attached hydrogen (secondary N) is 3. The number of rotatable bonds is 11. The summed E-state index contributed by atoms with van der Waals surface area (Å²) in [5.41, 5.74) is 4.90. The molecule has 2 aromatic heterocycles. The minimum Gasteiger partial charge on any atom is -0.358 e. The Bertz CT molecular complexity index is 1490. The van der Waals surface area contributed by atoms with Gasteiger partial charge in [0, 0.05) is 66.4 Å². The molecule has 0 aliphatic heterocycles. The lowest BCUT2D eigenvalue weighted by Crippen LogP contribution is -2.29. The fraction of sp³-hybridized carbons (Fsp3) is 0.438. The van der Waals surface area contributed by atoms with Crippen LogP contribution in [0.3, 0.4) is 0 Å². The normalized spacial score (nSPS) is 13.7. The summed E-state index contributed by atoms with van der Waals surface area (Å²) in [6, 6.07) is 9.57. The lowest BCUT2D eigenvalue weighted by Gasteiger charge is -2.21. The van der Waals surface area contributed by atoms with Crippen molar-refractivity contribution in [2.75, 3.05) is 44.4 Å². The molecule has 41 heavy (non-hydrogen) atoms. The molecule has 0 saturated heterocycles. The van der Waals surface area contributed by atoms with Crippen molar-refractivity contribution < 1.29 is 9.59 Å². The van der Waals surface area contributed by atoms with Crippen LogP contribution >= 0.6 is 0 Å². The van der Waals surface area contributed by atoms with E-state index in [1.807, 2.05) is 79.2 Å². The molecule has 1 aliphatic carbocycles. The van der Waals surface area contributed by atoms with Gasteiger partial charge in [0.05, 0.1) is 0 Å². The Kier molecular flexibility index (Phi) is 8.97. The van der Waals surface area contributed by atoms with Gasteiger partial charge in [-0.15, -0.1) is 0 Å². The first-order chi connectivity index (χ1) is 19.4. The number of hydrogen-bond donors (Lipinski definition) is 3. The van der Waals surface area contributed by atoms with Gasteiger partial charge < -0.3 is 25.4 Å². The molecule has 0 bridgehead atoms. The van der Waals surface area contributed by atoms with Crippen molar-refractivity contribution in [2.45, 2.75) is 53.5 Å². The Labute approximate surface area is 242 Å². The van der Waals surface area contributed by atoms with Crippen LogP contribution < -0.4 is 21.1 Å². The molecule has 3 aromatic rings. The number of H-pyrrole nitrogens is 1. The number of amides is 2. The zero-order valence-corrected chi connectivity index (χ0v) is 25.3. The number of aromatic amines is 1. The predicted molar refractivity (Wildman–Crippen MR) is 165 cm³/mol. The van der Waals surface area contributed by atoms with E-state index in [2.05, 4.69) is 30.4 Å². The highest BCUT2D eigenvalue weighted by Gasteiger charge is 2.48. The van der Waals surface area contributed by atoms with Gasteiger partial charge in [-0.2, -0.15) is 0 Å². The lowest BCUT2D eigenvalue weighted by atomic mass is 9.96. The molecule has 2 heterocycles. The van der Waals surface area contributed by atoms with E-state index in [0.29, 0.717) is 22.4 Å². The molecule has 9 nitrogen and oxygen atoms in total. The molecule has 0 unspecified atom stereocenters. The van der Waals surface area contributed by atoms with Gasteiger partial charge in [0.15, 0.2) is 0 Å². The van der Waals surface area contributed by atoms with Gasteiger partial charge in [-0.05, 0) is 101 Å². The molecule has 4 rings (SSSR count). The summed E-state index contributed by atoms with van der Waals surface area (Å²) in [5, 5.41) is 6.04. The Morgan fingerprint density at radius 3 is 2.34 bits per heavy atom. The van der Waals surface area contributed by atoms with Crippen LogP contribution in [-0.4, -0.2) is 60.9 Å². The summed E-state index contributed by atoms with van der Waals surface area (Å²) >= 11 is 0. The average Bonchev–Trinajstić information content (AvgIpc) is 3.74. The number of benzene rings is 1. The first-order valence-corrected chi connectivity index (χ1v) is 14.2. The third-order valence-electron chi connectivity index (χ3n) is 8.19. The van der Waals surface area contributed by atoms with Crippen molar-refractivity contribution in [1.29, 1.82) is 0 Å². The highest BCUT2D eigenvalue weighted by Crippen LogP contribution is 2.49. The molecular weight excluding hydrogens is 516 g/mol. The highest BCUT2D eigenvalue weighted by molar-refractivity contribution is 6.03. The van der Waals surface area contributed by atoms with Crippen molar-refractivity contribution in [3.05, 3.63) is 74.8 Å². The average molecular weight is 559 g/mol. The maximum Gasteiger partial charge on any atom is 0.253 e. The summed E-state index contributed by atoms with van der Waals surface area (Å²) in [6.07, 6.45) is 4.32. The van der Waals surface area contributed by atoms with Gasteiger partial charge in [-0.3, -0.25) is 14.4 Å². The third kappa shape index (κ3) is 6.85. The van der Waals surface area contributed by atoms with E-state index in [1.54, 1.807) is 6.20 Å². The van der Waals surface area contributed by atoms with Crippen LogP contribution in [0.4, 0.5) is 11.5 Å². The number of aryl methyl sites for hydroxylation is 2. The van der Waals surface area contributed by atoms with Gasteiger partial charge in [0.25, 0.3) is 11.5 Å². The van der Waals surface area contributed by atoms with Gasteiger partial charge in [0.2, 0.25) is 5.91 Å². The Balaban J connectivity index is 1.65. The number of aromatic nitrogens is 2. The van der Waals surface area contributed by atoms with Crippen LogP contribution in [0.1, 0.15) is 58.9 Å². The maximum absolute atomic E-state index is 13.5. The number of likely N-dealkylation sites (N-methyl/N-ethyl adjacent to an activating group) is 2. The molecule has 0 spiro atoms. The van der Waals surface area contributed by atoms with Gasteiger partial charge in [-0.25, -0.2) is 4.98 Å². The minimum absolute atomic E-state index is 0.00980. The Morgan fingerprint density at radius 1 is 1.02 bits per heavy atom. The number of nitrogens with zero attached hydrogens (tertiary/aromatic N) is 3. The van der Waals surface area contributed by atoms with Crippen LogP contribution in [0.25, 0.3) is 11.1 Å². The van der Waals surface area contributed by atoms with Crippen LogP contribution in [-0.2, 0) is 11.3 Å². The molecule has 1 fully saturated rings. The summed E-state index contributed by atoms with van der Waals surface area (Å²) in [6.45, 7) is 9.41. The van der Waals surface area contributed by atoms with Crippen LogP contribution in [0.2, 0.25) is 0 Å². The summed E-state index contributed by atoms with van der Waals surface area (Å²) < 4.78 is 0. The van der Waals surface area contributed by atoms with E-state index >= 15 is 0 Å². The Hall–Kier alpha value is -3.98. The number of hydrogen-bond acceptors (Lipinski definition) is 6. The molecule has 2 amide bonds. The highest BCUT2D eigenvalue weighted by atomic mass is 16.2. The van der Waals surface area contributed by atoms with Crippen molar-refractivity contribution in [2.24, 2.45) is 5.41 Å². The molecule has 1 aliphatic rings. The molecule has 0 atom stereocenters. The smallest absolute Gasteiger partial charge is 0.253 e. The Morgan fingerprint density at radius 2 is 1.76 bits per heavy atom. The van der Waals surface area contributed by atoms with Gasteiger partial charge in [0.1, 0.15) is 5.82 Å². The third-order valence-corrected chi connectivity index (χ3v) is 8.19. The second-order valence-corrected chi connectivity index (χ2v) is 11.5. The molecule has 9 heteroatoms. The number of anilines is 2. The van der Waals surface area contributed by atoms with Crippen LogP contribution in [0.15, 0.2) is 41.3 Å². The SMILES string of the molecule is CCC1(C(=O)Nc2cc(-c3ccc(N(C)CCN(C)C)nc3)cc(C(=O)NCc3c(C)cc(C)[nH]c3=O)c2C)CC1. The first-order valence-electron chi connectivity index (χ1n) is 14.2. The van der Waals surface area contributed by atoms with Crippen LogP contribution in [0.5, 0.6) is 0 Å². The summed E-state index contributed by atoms with van der Waals surface area (Å²) in [7, 11) is 6.09. The van der Waals surface area contributed by atoms with E-state index in [9.17, 15) is 14.4 Å². The zero-order chi connectivity index (χ0) is 29.9. The van der Waals surface area contributed by atoms with Gasteiger partial charge >= 0.3 is 0 Å². The lowest BCUT2D eigenvalue weighted by molar-refractivity contribution is -0.121. The molecule has 218 valence electrons. The quantitative estimate of drug-likeness (QED) is 0.321. The first kappa shape index (κ1) is 30.0. The minimum atomic E-state index is -0.324. The van der Waals surface area contributed by atoms with Crippen LogP contribution in [0, 0.1) is 26.2 Å². The molecule has 3 N–H and O–H groups in total. The van der Waals surface area contributed by atoms with Gasteiger partial charge in [-0.1, -0.05) is 6.92 Å². The summed E-state index contributed by atoms with van der Waals surface area (Å²) in [4.78, 5) is 50.9. The summed E-state index contributed by atoms with van der Waals surface area (Å²) in [5.74, 6) is 0.528. The number of pyridine rings is 2. The van der Waals surface area contributed by atoms with E-state index in [4.69, 9.17) is 0 Å². The van der Waals surface area contributed by atoms with E-state index in [-0.39, 0.29) is 29.3 Å².